The van der Waals surface area contributed by atoms with Gasteiger partial charge in [-0.3, -0.25) is 0 Å². The van der Waals surface area contributed by atoms with Crippen LogP contribution < -0.4 is 5.73 Å². The number of nitrogens with zero attached hydrogens (tertiary/aromatic N) is 2. The van der Waals surface area contributed by atoms with Crippen molar-refractivity contribution in [1.29, 1.82) is 0 Å². The predicted molar refractivity (Wildman–Crippen MR) is 94.7 cm³/mol. The molecule has 2 aromatic rings. The van der Waals surface area contributed by atoms with Gasteiger partial charge in [0.2, 0.25) is 15.7 Å². The zero-order valence-electron chi connectivity index (χ0n) is 15.2. The highest BCUT2D eigenvalue weighted by atomic mass is 32.2. The van der Waals surface area contributed by atoms with E-state index < -0.39 is 15.4 Å². The van der Waals surface area contributed by atoms with Gasteiger partial charge < -0.3 is 14.9 Å². The average molecular weight is 367 g/mol. The van der Waals surface area contributed by atoms with E-state index in [1.165, 1.54) is 0 Å². The fourth-order valence-corrected chi connectivity index (χ4v) is 2.56. The second kappa shape index (κ2) is 6.86. The zero-order valence-corrected chi connectivity index (χ0v) is 16.1. The summed E-state index contributed by atoms with van der Waals surface area (Å²) in [4.78, 5) is 0. The number of benzene rings is 1. The van der Waals surface area contributed by atoms with Crippen LogP contribution in [-0.2, 0) is 20.2 Å². The maximum absolute atomic E-state index is 11.4. The zero-order chi connectivity index (χ0) is 18.9. The number of nitrogens with two attached hydrogens (primary N) is 1. The average Bonchev–Trinajstić information content (AvgIpc) is 2.95. The molecule has 0 amide bonds. The van der Waals surface area contributed by atoms with Crippen LogP contribution >= 0.6 is 0 Å². The Bertz CT molecular complexity index is 818. The molecule has 0 atom stereocenters. The third kappa shape index (κ3) is 5.35. The minimum atomic E-state index is -3.51. The lowest BCUT2D eigenvalue weighted by molar-refractivity contribution is -0.0276. The first-order valence-electron chi connectivity index (χ1n) is 7.96. The number of ether oxygens (including phenoxy) is 1. The Kier molecular flexibility index (Phi) is 5.36. The van der Waals surface area contributed by atoms with Crippen LogP contribution in [0.2, 0.25) is 0 Å². The molecule has 0 unspecified atom stereocenters. The van der Waals surface area contributed by atoms with Crippen LogP contribution in [-0.4, -0.2) is 37.0 Å². The second-order valence-corrected chi connectivity index (χ2v) is 9.21. The standard InChI is InChI=1S/C17H25N3O4S/c1-16(2,18)10-11-23-17(3,4)13-8-6-12(7-9-13)14-19-20-15(24-14)25(5,21)22/h6-9H,10-11,18H2,1-5H3. The van der Waals surface area contributed by atoms with Gasteiger partial charge in [-0.2, -0.15) is 0 Å². The van der Waals surface area contributed by atoms with Crippen molar-refractivity contribution in [2.24, 2.45) is 5.73 Å². The lowest BCUT2D eigenvalue weighted by Crippen LogP contribution is -2.34. The van der Waals surface area contributed by atoms with Crippen LogP contribution in [0, 0.1) is 0 Å². The first-order valence-corrected chi connectivity index (χ1v) is 9.85. The van der Waals surface area contributed by atoms with Crippen molar-refractivity contribution in [3.05, 3.63) is 29.8 Å². The van der Waals surface area contributed by atoms with Gasteiger partial charge in [-0.15, -0.1) is 5.10 Å². The first kappa shape index (κ1) is 19.6. The van der Waals surface area contributed by atoms with Crippen molar-refractivity contribution in [3.63, 3.8) is 0 Å². The molecule has 0 spiro atoms. The molecule has 1 aromatic heterocycles. The monoisotopic (exact) mass is 367 g/mol. The first-order chi connectivity index (χ1) is 11.4. The smallest absolute Gasteiger partial charge is 0.335 e. The Hall–Kier alpha value is -1.77. The quantitative estimate of drug-likeness (QED) is 0.801. The Morgan fingerprint density at radius 2 is 1.72 bits per heavy atom. The third-order valence-electron chi connectivity index (χ3n) is 3.76. The molecular formula is C17H25N3O4S. The summed E-state index contributed by atoms with van der Waals surface area (Å²) in [5.74, 6) is 0.163. The molecule has 0 bridgehead atoms. The van der Waals surface area contributed by atoms with E-state index in [1.807, 2.05) is 39.8 Å². The molecule has 0 saturated heterocycles. The van der Waals surface area contributed by atoms with E-state index in [4.69, 9.17) is 14.9 Å². The van der Waals surface area contributed by atoms with E-state index in [9.17, 15) is 8.42 Å². The van der Waals surface area contributed by atoms with Crippen molar-refractivity contribution in [3.8, 4) is 11.5 Å². The van der Waals surface area contributed by atoms with Gasteiger partial charge in [0.15, 0.2) is 0 Å². The number of sulfone groups is 1. The third-order valence-corrected chi connectivity index (χ3v) is 4.56. The number of hydrogen-bond donors (Lipinski definition) is 1. The summed E-state index contributed by atoms with van der Waals surface area (Å²) in [7, 11) is -3.51. The summed E-state index contributed by atoms with van der Waals surface area (Å²) >= 11 is 0. The van der Waals surface area contributed by atoms with E-state index >= 15 is 0 Å². The van der Waals surface area contributed by atoms with Crippen molar-refractivity contribution in [1.82, 2.24) is 10.2 Å². The van der Waals surface area contributed by atoms with Gasteiger partial charge in [-0.25, -0.2) is 8.42 Å². The van der Waals surface area contributed by atoms with Crippen LogP contribution in [0.15, 0.2) is 33.9 Å². The summed E-state index contributed by atoms with van der Waals surface area (Å²) in [5.41, 5.74) is 6.85. The van der Waals surface area contributed by atoms with Gasteiger partial charge in [0.1, 0.15) is 0 Å². The minimum absolute atomic E-state index is 0.163. The van der Waals surface area contributed by atoms with Gasteiger partial charge in [0, 0.05) is 24.0 Å². The van der Waals surface area contributed by atoms with E-state index in [2.05, 4.69) is 10.2 Å². The molecule has 8 heteroatoms. The Morgan fingerprint density at radius 1 is 1.12 bits per heavy atom. The molecule has 25 heavy (non-hydrogen) atoms. The fourth-order valence-electron chi connectivity index (χ4n) is 2.14. The van der Waals surface area contributed by atoms with Crippen LogP contribution in [0.3, 0.4) is 0 Å². The molecule has 0 saturated carbocycles. The largest absolute Gasteiger partial charge is 0.408 e. The van der Waals surface area contributed by atoms with Crippen molar-refractivity contribution >= 4 is 9.84 Å². The van der Waals surface area contributed by atoms with E-state index in [0.29, 0.717) is 12.2 Å². The van der Waals surface area contributed by atoms with Gasteiger partial charge >= 0.3 is 5.22 Å². The SMILES string of the molecule is CC(C)(N)CCOC(C)(C)c1ccc(-c2nnc(S(C)(=O)=O)o2)cc1. The highest BCUT2D eigenvalue weighted by molar-refractivity contribution is 7.90. The van der Waals surface area contributed by atoms with E-state index in [1.54, 1.807) is 12.1 Å². The molecule has 1 aromatic carbocycles. The minimum Gasteiger partial charge on any atom is -0.408 e. The van der Waals surface area contributed by atoms with E-state index in [0.717, 1.165) is 18.2 Å². The second-order valence-electron chi connectivity index (χ2n) is 7.32. The highest BCUT2D eigenvalue weighted by Gasteiger charge is 2.23. The van der Waals surface area contributed by atoms with Gasteiger partial charge in [0.05, 0.1) is 5.60 Å². The maximum atomic E-state index is 11.4. The van der Waals surface area contributed by atoms with Gasteiger partial charge in [-0.05, 0) is 51.8 Å². The fraction of sp³-hybridized carbons (Fsp3) is 0.529. The number of rotatable bonds is 7. The molecule has 0 radical (unpaired) electrons. The van der Waals surface area contributed by atoms with E-state index in [-0.39, 0.29) is 16.7 Å². The summed E-state index contributed by atoms with van der Waals surface area (Å²) in [6.07, 6.45) is 1.78. The van der Waals surface area contributed by atoms with Crippen molar-refractivity contribution in [2.45, 2.75) is 50.5 Å². The normalized spacial score (nSPS) is 13.2. The molecular weight excluding hydrogens is 342 g/mol. The molecule has 0 fully saturated rings. The van der Waals surface area contributed by atoms with Crippen LogP contribution in [0.25, 0.3) is 11.5 Å². The molecule has 2 rings (SSSR count). The topological polar surface area (TPSA) is 108 Å². The highest BCUT2D eigenvalue weighted by Crippen LogP contribution is 2.28. The Labute approximate surface area is 148 Å². The predicted octanol–water partition coefficient (Wildman–Crippen LogP) is 2.52. The summed E-state index contributed by atoms with van der Waals surface area (Å²) in [6, 6.07) is 7.39. The van der Waals surface area contributed by atoms with Crippen molar-refractivity contribution in [2.75, 3.05) is 12.9 Å². The molecule has 0 aliphatic rings. The number of aromatic nitrogens is 2. The van der Waals surface area contributed by atoms with Crippen LogP contribution in [0.1, 0.15) is 39.7 Å². The summed E-state index contributed by atoms with van der Waals surface area (Å²) in [6.45, 7) is 8.46. The summed E-state index contributed by atoms with van der Waals surface area (Å²) < 4.78 is 34.0. The molecule has 138 valence electrons. The maximum Gasteiger partial charge on any atom is 0.335 e. The molecule has 0 aliphatic carbocycles. The van der Waals surface area contributed by atoms with Crippen molar-refractivity contribution < 1.29 is 17.6 Å². The summed E-state index contributed by atoms with van der Waals surface area (Å²) in [5, 5.41) is 6.95. The molecule has 0 aliphatic heterocycles. The van der Waals surface area contributed by atoms with Gasteiger partial charge in [-0.1, -0.05) is 17.2 Å². The lowest BCUT2D eigenvalue weighted by Gasteiger charge is -2.28. The number of hydrogen-bond acceptors (Lipinski definition) is 7. The Balaban J connectivity index is 2.12. The molecule has 1 heterocycles. The van der Waals surface area contributed by atoms with Crippen LogP contribution in [0.4, 0.5) is 0 Å². The Morgan fingerprint density at radius 3 is 2.20 bits per heavy atom. The molecule has 7 nitrogen and oxygen atoms in total. The van der Waals surface area contributed by atoms with Gasteiger partial charge in [0.25, 0.3) is 0 Å². The lowest BCUT2D eigenvalue weighted by atomic mass is 9.96. The molecule has 2 N–H and O–H groups in total. The van der Waals surface area contributed by atoms with Crippen LogP contribution in [0.5, 0.6) is 0 Å².